The molecule has 0 bridgehead atoms. The van der Waals surface area contributed by atoms with E-state index in [0.717, 1.165) is 18.8 Å². The van der Waals surface area contributed by atoms with Gasteiger partial charge in [-0.3, -0.25) is 0 Å². The van der Waals surface area contributed by atoms with E-state index >= 15 is 0 Å². The van der Waals surface area contributed by atoms with E-state index in [1.54, 1.807) is 12.1 Å². The van der Waals surface area contributed by atoms with E-state index in [1.165, 1.54) is 34.0 Å². The Hall–Kier alpha value is -1.44. The van der Waals surface area contributed by atoms with Gasteiger partial charge in [-0.25, -0.2) is 9.59 Å². The van der Waals surface area contributed by atoms with E-state index in [0.29, 0.717) is 9.75 Å². The number of carboxylic acid groups (broad SMARTS) is 2. The summed E-state index contributed by atoms with van der Waals surface area (Å²) in [7, 11) is 0. The van der Waals surface area contributed by atoms with Crippen LogP contribution in [-0.4, -0.2) is 22.2 Å². The third-order valence-corrected chi connectivity index (χ3v) is 6.00. The van der Waals surface area contributed by atoms with Crippen LogP contribution in [0.2, 0.25) is 0 Å². The highest BCUT2D eigenvalue weighted by atomic mass is 32.1. The monoisotopic (exact) mass is 284 g/mol. The SMILES string of the molecule is O=C(O)c1cc2sc3cc(C(=O)O)sc3c2s1. The summed E-state index contributed by atoms with van der Waals surface area (Å²) in [4.78, 5) is 22.3. The Morgan fingerprint density at radius 2 is 1.24 bits per heavy atom. The van der Waals surface area contributed by atoms with E-state index in [4.69, 9.17) is 10.2 Å². The maximum atomic E-state index is 10.8. The molecule has 0 aliphatic heterocycles. The van der Waals surface area contributed by atoms with Crippen molar-refractivity contribution >= 4 is 64.7 Å². The summed E-state index contributed by atoms with van der Waals surface area (Å²) in [5, 5.41) is 17.8. The zero-order chi connectivity index (χ0) is 12.2. The van der Waals surface area contributed by atoms with Crippen LogP contribution in [0.4, 0.5) is 0 Å². The van der Waals surface area contributed by atoms with Crippen molar-refractivity contribution in [3.8, 4) is 0 Å². The molecular formula is C10H4O4S3. The molecule has 86 valence electrons. The van der Waals surface area contributed by atoms with Gasteiger partial charge in [0.05, 0.1) is 9.40 Å². The Labute approximate surface area is 106 Å². The topological polar surface area (TPSA) is 74.6 Å². The van der Waals surface area contributed by atoms with Gasteiger partial charge in [-0.15, -0.1) is 34.0 Å². The summed E-state index contributed by atoms with van der Waals surface area (Å²) in [5.41, 5.74) is 0. The highest BCUT2D eigenvalue weighted by Crippen LogP contribution is 2.43. The van der Waals surface area contributed by atoms with Crippen molar-refractivity contribution in [2.24, 2.45) is 0 Å². The van der Waals surface area contributed by atoms with Crippen LogP contribution in [0.5, 0.6) is 0 Å². The van der Waals surface area contributed by atoms with Gasteiger partial charge in [-0.2, -0.15) is 0 Å². The molecule has 0 atom stereocenters. The summed E-state index contributed by atoms with van der Waals surface area (Å²) >= 11 is 3.82. The number of fused-ring (bicyclic) bond motifs is 3. The first-order valence-corrected chi connectivity index (χ1v) is 6.93. The van der Waals surface area contributed by atoms with Crippen LogP contribution < -0.4 is 0 Å². The van der Waals surface area contributed by atoms with Crippen LogP contribution in [0.15, 0.2) is 12.1 Å². The molecule has 0 aromatic carbocycles. The van der Waals surface area contributed by atoms with Crippen LogP contribution >= 0.6 is 34.0 Å². The molecule has 0 saturated heterocycles. The van der Waals surface area contributed by atoms with Crippen LogP contribution in [-0.2, 0) is 0 Å². The Kier molecular flexibility index (Phi) is 2.22. The standard InChI is InChI=1S/C10H4O4S3/c11-9(12)5-1-3-7(16-5)8-4(15-3)2-6(17-8)10(13)14/h1-2H,(H,11,12)(H,13,14). The Morgan fingerprint density at radius 1 is 0.824 bits per heavy atom. The zero-order valence-corrected chi connectivity index (χ0v) is 10.5. The lowest BCUT2D eigenvalue weighted by atomic mass is 10.4. The van der Waals surface area contributed by atoms with E-state index in [9.17, 15) is 9.59 Å². The second-order valence-corrected chi connectivity index (χ2v) is 6.51. The Morgan fingerprint density at radius 3 is 1.59 bits per heavy atom. The van der Waals surface area contributed by atoms with Crippen molar-refractivity contribution in [2.75, 3.05) is 0 Å². The molecule has 17 heavy (non-hydrogen) atoms. The first-order valence-electron chi connectivity index (χ1n) is 4.48. The van der Waals surface area contributed by atoms with Crippen molar-refractivity contribution in [2.45, 2.75) is 0 Å². The smallest absolute Gasteiger partial charge is 0.345 e. The zero-order valence-electron chi connectivity index (χ0n) is 8.09. The second-order valence-electron chi connectivity index (χ2n) is 3.32. The first kappa shape index (κ1) is 10.7. The molecule has 0 saturated carbocycles. The molecule has 3 aromatic heterocycles. The number of aromatic carboxylic acids is 2. The Balaban J connectivity index is 2.30. The summed E-state index contributed by atoms with van der Waals surface area (Å²) in [6.07, 6.45) is 0. The fourth-order valence-corrected chi connectivity index (χ4v) is 5.25. The van der Waals surface area contributed by atoms with Crippen molar-refractivity contribution in [3.63, 3.8) is 0 Å². The van der Waals surface area contributed by atoms with Crippen LogP contribution in [0.1, 0.15) is 19.3 Å². The molecule has 2 N–H and O–H groups in total. The summed E-state index contributed by atoms with van der Waals surface area (Å²) in [6, 6.07) is 3.28. The maximum absolute atomic E-state index is 10.8. The molecular weight excluding hydrogens is 280 g/mol. The number of hydrogen-bond donors (Lipinski definition) is 2. The van der Waals surface area contributed by atoms with Gasteiger partial charge in [0, 0.05) is 9.40 Å². The summed E-state index contributed by atoms with van der Waals surface area (Å²) < 4.78 is 3.57. The van der Waals surface area contributed by atoms with Crippen LogP contribution in [0.25, 0.3) is 18.8 Å². The molecule has 7 heteroatoms. The minimum Gasteiger partial charge on any atom is -0.477 e. The largest absolute Gasteiger partial charge is 0.477 e. The number of thiophene rings is 3. The van der Waals surface area contributed by atoms with Crippen LogP contribution in [0, 0.1) is 0 Å². The van der Waals surface area contributed by atoms with Gasteiger partial charge in [-0.1, -0.05) is 0 Å². The van der Waals surface area contributed by atoms with Gasteiger partial charge in [0.2, 0.25) is 0 Å². The molecule has 0 fully saturated rings. The second kappa shape index (κ2) is 3.52. The molecule has 4 nitrogen and oxygen atoms in total. The number of carbonyl (C=O) groups is 2. The molecule has 3 heterocycles. The molecule has 0 aliphatic carbocycles. The normalized spacial score (nSPS) is 11.3. The fraction of sp³-hybridized carbons (Fsp3) is 0. The van der Waals surface area contributed by atoms with E-state index in [-0.39, 0.29) is 0 Å². The quantitative estimate of drug-likeness (QED) is 0.754. The average Bonchev–Trinajstić information content (AvgIpc) is 2.84. The number of hydrogen-bond acceptors (Lipinski definition) is 5. The third kappa shape index (κ3) is 1.54. The fourth-order valence-electron chi connectivity index (χ4n) is 1.55. The molecule has 0 amide bonds. The molecule has 3 aromatic rings. The van der Waals surface area contributed by atoms with Gasteiger partial charge >= 0.3 is 11.9 Å². The molecule has 0 radical (unpaired) electrons. The van der Waals surface area contributed by atoms with Crippen molar-refractivity contribution in [3.05, 3.63) is 21.9 Å². The molecule has 0 aliphatic rings. The summed E-state index contributed by atoms with van der Waals surface area (Å²) in [6.45, 7) is 0. The average molecular weight is 284 g/mol. The highest BCUT2D eigenvalue weighted by Gasteiger charge is 2.17. The number of carboxylic acids is 2. The van der Waals surface area contributed by atoms with Gasteiger partial charge in [0.1, 0.15) is 9.75 Å². The van der Waals surface area contributed by atoms with Gasteiger partial charge < -0.3 is 10.2 Å². The molecule has 0 spiro atoms. The van der Waals surface area contributed by atoms with Gasteiger partial charge in [0.25, 0.3) is 0 Å². The van der Waals surface area contributed by atoms with E-state index < -0.39 is 11.9 Å². The predicted octanol–water partition coefficient (Wildman–Crippen LogP) is 3.57. The van der Waals surface area contributed by atoms with Crippen LogP contribution in [0.3, 0.4) is 0 Å². The lowest BCUT2D eigenvalue weighted by Gasteiger charge is -1.82. The highest BCUT2D eigenvalue weighted by molar-refractivity contribution is 7.39. The predicted molar refractivity (Wildman–Crippen MR) is 69.0 cm³/mol. The lowest BCUT2D eigenvalue weighted by molar-refractivity contribution is 0.0691. The minimum atomic E-state index is -0.943. The summed E-state index contributed by atoms with van der Waals surface area (Å²) in [5.74, 6) is -1.89. The maximum Gasteiger partial charge on any atom is 0.345 e. The van der Waals surface area contributed by atoms with Crippen molar-refractivity contribution < 1.29 is 19.8 Å². The molecule has 3 rings (SSSR count). The minimum absolute atomic E-state index is 0.290. The van der Waals surface area contributed by atoms with Crippen molar-refractivity contribution in [1.82, 2.24) is 0 Å². The van der Waals surface area contributed by atoms with Gasteiger partial charge in [0.15, 0.2) is 0 Å². The number of rotatable bonds is 2. The molecule has 0 unspecified atom stereocenters. The third-order valence-electron chi connectivity index (χ3n) is 2.24. The Bertz CT molecular complexity index is 698. The van der Waals surface area contributed by atoms with E-state index in [2.05, 4.69) is 0 Å². The van der Waals surface area contributed by atoms with E-state index in [1.807, 2.05) is 0 Å². The van der Waals surface area contributed by atoms with Gasteiger partial charge in [-0.05, 0) is 12.1 Å². The van der Waals surface area contributed by atoms with Crippen molar-refractivity contribution in [1.29, 1.82) is 0 Å². The lowest BCUT2D eigenvalue weighted by Crippen LogP contribution is -1.89. The first-order chi connectivity index (χ1) is 8.06.